The highest BCUT2D eigenvalue weighted by Crippen LogP contribution is 2.37. The topological polar surface area (TPSA) is 60.5 Å². The van der Waals surface area contributed by atoms with Crippen LogP contribution in [0.3, 0.4) is 0 Å². The molecule has 122 valence electrons. The maximum Gasteiger partial charge on any atom is 0.257 e. The summed E-state index contributed by atoms with van der Waals surface area (Å²) in [6.07, 6.45) is 3.22. The largest absolute Gasteiger partial charge is 0.493 e. The summed E-state index contributed by atoms with van der Waals surface area (Å²) in [5, 5.41) is 3.53. The van der Waals surface area contributed by atoms with Gasteiger partial charge in [-0.15, -0.1) is 11.3 Å². The first kappa shape index (κ1) is 16.3. The van der Waals surface area contributed by atoms with Gasteiger partial charge in [-0.1, -0.05) is 0 Å². The molecule has 0 unspecified atom stereocenters. The monoisotopic (exact) mass is 396 g/mol. The molecule has 0 radical (unpaired) electrons. The van der Waals surface area contributed by atoms with Crippen LogP contribution in [0, 0.1) is 0 Å². The van der Waals surface area contributed by atoms with E-state index in [4.69, 9.17) is 9.47 Å². The Morgan fingerprint density at radius 1 is 1.43 bits per heavy atom. The average molecular weight is 397 g/mol. The minimum Gasteiger partial charge on any atom is -0.493 e. The molecule has 1 aliphatic rings. The Morgan fingerprint density at radius 3 is 2.96 bits per heavy atom. The Labute approximate surface area is 147 Å². The number of ether oxygens (including phenoxy) is 2. The van der Waals surface area contributed by atoms with Crippen LogP contribution in [0.5, 0.6) is 11.5 Å². The highest BCUT2D eigenvalue weighted by Gasteiger charge is 2.20. The van der Waals surface area contributed by atoms with E-state index in [0.717, 1.165) is 25.0 Å². The van der Waals surface area contributed by atoms with Crippen LogP contribution in [-0.4, -0.2) is 24.6 Å². The van der Waals surface area contributed by atoms with Crippen LogP contribution >= 0.6 is 27.3 Å². The van der Waals surface area contributed by atoms with E-state index in [9.17, 15) is 4.79 Å². The lowest BCUT2D eigenvalue weighted by molar-refractivity contribution is 0.102. The van der Waals surface area contributed by atoms with Crippen molar-refractivity contribution in [1.29, 1.82) is 0 Å². The third-order valence-electron chi connectivity index (χ3n) is 3.60. The second-order valence-electron chi connectivity index (χ2n) is 5.12. The lowest BCUT2D eigenvalue weighted by atomic mass is 10.2. The van der Waals surface area contributed by atoms with Crippen molar-refractivity contribution < 1.29 is 14.3 Å². The number of hydrogen-bond acceptors (Lipinski definition) is 5. The van der Waals surface area contributed by atoms with E-state index in [2.05, 4.69) is 26.2 Å². The number of hydrogen-bond donors (Lipinski definition) is 1. The Balaban J connectivity index is 1.82. The zero-order valence-electron chi connectivity index (χ0n) is 12.9. The number of amides is 1. The van der Waals surface area contributed by atoms with Gasteiger partial charge in [0, 0.05) is 10.4 Å². The van der Waals surface area contributed by atoms with Crippen LogP contribution in [-0.2, 0) is 12.8 Å². The Hall–Kier alpha value is -1.60. The van der Waals surface area contributed by atoms with Crippen LogP contribution in [0.4, 0.5) is 5.13 Å². The molecule has 0 saturated heterocycles. The number of carbonyl (C=O) groups is 1. The summed E-state index contributed by atoms with van der Waals surface area (Å²) in [5.74, 6) is 0.909. The molecule has 0 saturated carbocycles. The maximum atomic E-state index is 12.5. The molecule has 23 heavy (non-hydrogen) atoms. The molecule has 1 aliphatic carbocycles. The first-order valence-corrected chi connectivity index (χ1v) is 9.03. The second kappa shape index (κ2) is 6.88. The lowest BCUT2D eigenvalue weighted by Gasteiger charge is -2.13. The summed E-state index contributed by atoms with van der Waals surface area (Å²) >= 11 is 4.99. The summed E-state index contributed by atoms with van der Waals surface area (Å²) in [6, 6.07) is 3.40. The molecular weight excluding hydrogens is 380 g/mol. The Kier molecular flexibility index (Phi) is 4.87. The molecule has 7 heteroatoms. The summed E-state index contributed by atoms with van der Waals surface area (Å²) < 4.78 is 11.5. The predicted molar refractivity (Wildman–Crippen MR) is 94.0 cm³/mol. The summed E-state index contributed by atoms with van der Waals surface area (Å²) in [7, 11) is 1.55. The number of aryl methyl sites for hydroxylation is 2. The van der Waals surface area contributed by atoms with E-state index >= 15 is 0 Å². The van der Waals surface area contributed by atoms with E-state index in [1.165, 1.54) is 4.88 Å². The van der Waals surface area contributed by atoms with Gasteiger partial charge in [0.05, 0.1) is 23.9 Å². The minimum absolute atomic E-state index is 0.209. The zero-order valence-corrected chi connectivity index (χ0v) is 15.3. The fourth-order valence-corrected chi connectivity index (χ4v) is 4.15. The molecule has 1 amide bonds. The van der Waals surface area contributed by atoms with Crippen molar-refractivity contribution in [1.82, 2.24) is 4.98 Å². The van der Waals surface area contributed by atoms with Gasteiger partial charge in [-0.3, -0.25) is 10.1 Å². The van der Waals surface area contributed by atoms with Crippen molar-refractivity contribution in [3.05, 3.63) is 32.7 Å². The number of benzene rings is 1. The number of fused-ring (bicyclic) bond motifs is 1. The molecule has 1 heterocycles. The van der Waals surface area contributed by atoms with Gasteiger partial charge in [0.15, 0.2) is 16.6 Å². The minimum atomic E-state index is -0.209. The van der Waals surface area contributed by atoms with Gasteiger partial charge < -0.3 is 9.47 Å². The number of nitrogens with one attached hydrogen (secondary N) is 1. The SMILES string of the molecule is CCOc1c(Br)cc(C(=O)Nc2nc3c(s2)CCC3)cc1OC. The lowest BCUT2D eigenvalue weighted by Crippen LogP contribution is -2.12. The first-order chi connectivity index (χ1) is 11.1. The normalized spacial score (nSPS) is 12.8. The number of halogens is 1. The zero-order chi connectivity index (χ0) is 16.4. The average Bonchev–Trinajstić information content (AvgIpc) is 3.10. The maximum absolute atomic E-state index is 12.5. The molecule has 1 N–H and O–H groups in total. The van der Waals surface area contributed by atoms with E-state index in [-0.39, 0.29) is 5.91 Å². The van der Waals surface area contributed by atoms with Gasteiger partial charge in [-0.25, -0.2) is 4.98 Å². The van der Waals surface area contributed by atoms with Crippen LogP contribution in [0.25, 0.3) is 0 Å². The highest BCUT2D eigenvalue weighted by atomic mass is 79.9. The van der Waals surface area contributed by atoms with Crippen molar-refractivity contribution in [3.63, 3.8) is 0 Å². The second-order valence-corrected chi connectivity index (χ2v) is 7.06. The summed E-state index contributed by atoms with van der Waals surface area (Å²) in [5.41, 5.74) is 1.61. The number of nitrogens with zero attached hydrogens (tertiary/aromatic N) is 1. The van der Waals surface area contributed by atoms with Crippen molar-refractivity contribution in [2.24, 2.45) is 0 Å². The third kappa shape index (κ3) is 3.35. The fraction of sp³-hybridized carbons (Fsp3) is 0.375. The van der Waals surface area contributed by atoms with E-state index in [1.54, 1.807) is 30.6 Å². The molecule has 5 nitrogen and oxygen atoms in total. The van der Waals surface area contributed by atoms with Gasteiger partial charge in [0.25, 0.3) is 5.91 Å². The van der Waals surface area contributed by atoms with E-state index in [0.29, 0.717) is 33.3 Å². The van der Waals surface area contributed by atoms with Crippen molar-refractivity contribution in [3.8, 4) is 11.5 Å². The van der Waals surface area contributed by atoms with Gasteiger partial charge >= 0.3 is 0 Å². The van der Waals surface area contributed by atoms with Crippen LogP contribution in [0.1, 0.15) is 34.3 Å². The van der Waals surface area contributed by atoms with Crippen molar-refractivity contribution in [2.75, 3.05) is 19.0 Å². The van der Waals surface area contributed by atoms with Crippen LogP contribution in [0.2, 0.25) is 0 Å². The number of thiazole rings is 1. The molecule has 0 atom stereocenters. The molecule has 1 aromatic heterocycles. The van der Waals surface area contributed by atoms with Gasteiger partial charge in [0.2, 0.25) is 0 Å². The molecule has 0 spiro atoms. The van der Waals surface area contributed by atoms with Gasteiger partial charge in [-0.2, -0.15) is 0 Å². The molecule has 0 fully saturated rings. The van der Waals surface area contributed by atoms with Gasteiger partial charge in [-0.05, 0) is 54.2 Å². The highest BCUT2D eigenvalue weighted by molar-refractivity contribution is 9.10. The van der Waals surface area contributed by atoms with Crippen molar-refractivity contribution in [2.45, 2.75) is 26.2 Å². The quantitative estimate of drug-likeness (QED) is 0.827. The predicted octanol–water partition coefficient (Wildman–Crippen LogP) is 4.05. The molecular formula is C16H17BrN2O3S. The molecule has 2 aromatic rings. The van der Waals surface area contributed by atoms with E-state index in [1.807, 2.05) is 6.92 Å². The van der Waals surface area contributed by atoms with Crippen LogP contribution < -0.4 is 14.8 Å². The fourth-order valence-electron chi connectivity index (χ4n) is 2.55. The van der Waals surface area contributed by atoms with E-state index < -0.39 is 0 Å². The summed E-state index contributed by atoms with van der Waals surface area (Å²) in [4.78, 5) is 18.2. The smallest absolute Gasteiger partial charge is 0.257 e. The number of carbonyl (C=O) groups excluding carboxylic acids is 1. The number of methoxy groups -OCH3 is 1. The van der Waals surface area contributed by atoms with Crippen molar-refractivity contribution >= 4 is 38.3 Å². The third-order valence-corrected chi connectivity index (χ3v) is 5.26. The van der Waals surface area contributed by atoms with Gasteiger partial charge in [0.1, 0.15) is 0 Å². The molecule has 1 aromatic carbocycles. The molecule has 0 bridgehead atoms. The Bertz CT molecular complexity index is 724. The first-order valence-electron chi connectivity index (χ1n) is 7.42. The number of rotatable bonds is 5. The standard InChI is InChI=1S/C16H17BrN2O3S/c1-3-22-14-10(17)7-9(8-12(14)21-2)15(20)19-16-18-11-5-4-6-13(11)23-16/h7-8H,3-6H2,1-2H3,(H,18,19,20). The number of anilines is 1. The molecule has 0 aliphatic heterocycles. The number of aromatic nitrogens is 1. The summed E-state index contributed by atoms with van der Waals surface area (Å²) in [6.45, 7) is 2.42. The Morgan fingerprint density at radius 2 is 2.26 bits per heavy atom. The van der Waals surface area contributed by atoms with Crippen LogP contribution in [0.15, 0.2) is 16.6 Å². The molecule has 3 rings (SSSR count).